The first kappa shape index (κ1) is 15.0. The first-order valence-electron chi connectivity index (χ1n) is 9.35. The second kappa shape index (κ2) is 5.51. The lowest BCUT2D eigenvalue weighted by Crippen LogP contribution is -2.38. The Balaban J connectivity index is 1.34. The highest BCUT2D eigenvalue weighted by atomic mass is 16.7. The largest absolute Gasteiger partial charge is 0.436 e. The Morgan fingerprint density at radius 3 is 2.82 bits per heavy atom. The molecule has 0 aromatic rings. The fourth-order valence-electron chi connectivity index (χ4n) is 6.80. The van der Waals surface area contributed by atoms with Crippen molar-refractivity contribution in [2.24, 2.45) is 35.0 Å². The van der Waals surface area contributed by atoms with E-state index in [2.05, 4.69) is 0 Å². The zero-order valence-electron chi connectivity index (χ0n) is 14.1. The lowest BCUT2D eigenvalue weighted by atomic mass is 9.60. The Kier molecular flexibility index (Phi) is 3.75. The van der Waals surface area contributed by atoms with E-state index >= 15 is 0 Å². The van der Waals surface area contributed by atoms with Crippen LogP contribution >= 0.6 is 0 Å². The van der Waals surface area contributed by atoms with Crippen LogP contribution in [0.4, 0.5) is 0 Å². The summed E-state index contributed by atoms with van der Waals surface area (Å²) in [6.07, 6.45) is 11.1. The molecule has 4 fully saturated rings. The van der Waals surface area contributed by atoms with Crippen molar-refractivity contribution in [3.8, 4) is 0 Å². The topological polar surface area (TPSA) is 35.5 Å². The molecular weight excluding hydrogens is 276 g/mol. The summed E-state index contributed by atoms with van der Waals surface area (Å²) in [5, 5.41) is 0. The Labute approximate surface area is 134 Å². The fraction of sp³-hybridized carbons (Fsp3) is 0.947. The van der Waals surface area contributed by atoms with Crippen LogP contribution in [-0.4, -0.2) is 18.9 Å². The molecule has 4 rings (SSSR count). The van der Waals surface area contributed by atoms with Crippen LogP contribution in [0.3, 0.4) is 0 Å². The molecule has 22 heavy (non-hydrogen) atoms. The van der Waals surface area contributed by atoms with Crippen molar-refractivity contribution < 1.29 is 14.3 Å². The van der Waals surface area contributed by atoms with Gasteiger partial charge in [0.1, 0.15) is 0 Å². The van der Waals surface area contributed by atoms with Gasteiger partial charge in [0.15, 0.2) is 6.29 Å². The second-order valence-electron chi connectivity index (χ2n) is 8.58. The van der Waals surface area contributed by atoms with Gasteiger partial charge in [-0.1, -0.05) is 0 Å². The first-order valence-corrected chi connectivity index (χ1v) is 9.35. The Morgan fingerprint density at radius 1 is 1.18 bits per heavy atom. The van der Waals surface area contributed by atoms with E-state index in [1.807, 2.05) is 6.92 Å². The van der Waals surface area contributed by atoms with E-state index < -0.39 is 6.29 Å². The van der Waals surface area contributed by atoms with E-state index in [4.69, 9.17) is 9.47 Å². The predicted molar refractivity (Wildman–Crippen MR) is 84.0 cm³/mol. The lowest BCUT2D eigenvalue weighted by molar-refractivity contribution is -0.173. The van der Waals surface area contributed by atoms with Crippen molar-refractivity contribution in [2.45, 2.75) is 71.5 Å². The molecule has 0 heterocycles. The molecule has 4 bridgehead atoms. The highest BCUT2D eigenvalue weighted by Crippen LogP contribution is 2.67. The van der Waals surface area contributed by atoms with Crippen LogP contribution in [0.1, 0.15) is 65.2 Å². The van der Waals surface area contributed by atoms with Crippen molar-refractivity contribution in [2.75, 3.05) is 6.61 Å². The fourth-order valence-corrected chi connectivity index (χ4v) is 6.80. The Morgan fingerprint density at radius 2 is 2.00 bits per heavy atom. The summed E-state index contributed by atoms with van der Waals surface area (Å²) in [6.45, 7) is 4.01. The number of hydrogen-bond donors (Lipinski definition) is 0. The normalized spacial score (nSPS) is 46.5. The molecule has 4 saturated carbocycles. The Hall–Kier alpha value is -0.570. The maximum absolute atomic E-state index is 10.9. The van der Waals surface area contributed by atoms with Gasteiger partial charge in [-0.15, -0.1) is 0 Å². The van der Waals surface area contributed by atoms with E-state index in [1.165, 1.54) is 45.4 Å². The summed E-state index contributed by atoms with van der Waals surface area (Å²) in [7, 11) is 0. The number of ether oxygens (including phenoxy) is 2. The molecule has 4 aliphatic rings. The average molecular weight is 306 g/mol. The smallest absolute Gasteiger partial charge is 0.304 e. The molecule has 0 saturated heterocycles. The van der Waals surface area contributed by atoms with Crippen molar-refractivity contribution >= 4 is 5.97 Å². The zero-order valence-corrected chi connectivity index (χ0v) is 14.1. The van der Waals surface area contributed by atoms with Crippen LogP contribution in [0, 0.1) is 35.0 Å². The summed E-state index contributed by atoms with van der Waals surface area (Å²) in [4.78, 5) is 10.9. The molecule has 3 nitrogen and oxygen atoms in total. The average Bonchev–Trinajstić information content (AvgIpc) is 3.13. The summed E-state index contributed by atoms with van der Waals surface area (Å²) in [6, 6.07) is 0. The maximum Gasteiger partial charge on any atom is 0.304 e. The van der Waals surface area contributed by atoms with Gasteiger partial charge >= 0.3 is 5.97 Å². The van der Waals surface area contributed by atoms with E-state index in [1.54, 1.807) is 6.42 Å². The van der Waals surface area contributed by atoms with Gasteiger partial charge in [0.25, 0.3) is 0 Å². The quantitative estimate of drug-likeness (QED) is 0.565. The van der Waals surface area contributed by atoms with Gasteiger partial charge in [0.2, 0.25) is 0 Å². The van der Waals surface area contributed by atoms with Crippen LogP contribution in [0.25, 0.3) is 0 Å². The highest BCUT2D eigenvalue weighted by molar-refractivity contribution is 5.65. The number of fused-ring (bicyclic) bond motifs is 8. The number of carbonyl (C=O) groups excluding carboxylic acids is 1. The zero-order chi connectivity index (χ0) is 15.3. The van der Waals surface area contributed by atoms with E-state index in [9.17, 15) is 4.79 Å². The summed E-state index contributed by atoms with van der Waals surface area (Å²) >= 11 is 0. The molecule has 3 heteroatoms. The van der Waals surface area contributed by atoms with Crippen LogP contribution in [0.5, 0.6) is 0 Å². The van der Waals surface area contributed by atoms with Crippen molar-refractivity contribution in [3.05, 3.63) is 0 Å². The minimum Gasteiger partial charge on any atom is -0.436 e. The summed E-state index contributed by atoms with van der Waals surface area (Å²) < 4.78 is 10.8. The number of carbonyl (C=O) groups is 1. The van der Waals surface area contributed by atoms with Gasteiger partial charge in [-0.2, -0.15) is 0 Å². The number of esters is 1. The number of hydrogen-bond acceptors (Lipinski definition) is 3. The molecule has 124 valence electrons. The van der Waals surface area contributed by atoms with E-state index in [0.29, 0.717) is 5.41 Å². The van der Waals surface area contributed by atoms with Gasteiger partial charge in [0.05, 0.1) is 6.61 Å². The first-order chi connectivity index (χ1) is 10.6. The summed E-state index contributed by atoms with van der Waals surface area (Å²) in [5.74, 6) is 5.00. The molecule has 0 aromatic heterocycles. The molecule has 0 radical (unpaired) electrons. The number of rotatable bonds is 5. The molecule has 0 amide bonds. The molecule has 0 spiro atoms. The van der Waals surface area contributed by atoms with Gasteiger partial charge < -0.3 is 9.47 Å². The molecule has 4 aliphatic carbocycles. The Bertz CT molecular complexity index is 448. The molecule has 7 unspecified atom stereocenters. The monoisotopic (exact) mass is 306 g/mol. The third-order valence-corrected chi connectivity index (χ3v) is 7.43. The third-order valence-electron chi connectivity index (χ3n) is 7.43. The van der Waals surface area contributed by atoms with Crippen LogP contribution in [0.2, 0.25) is 0 Å². The minimum atomic E-state index is -0.398. The van der Waals surface area contributed by atoms with E-state index in [0.717, 1.165) is 42.6 Å². The van der Waals surface area contributed by atoms with Crippen LogP contribution in [0.15, 0.2) is 0 Å². The molecular formula is C19H30O3. The maximum atomic E-state index is 10.9. The van der Waals surface area contributed by atoms with Gasteiger partial charge in [-0.3, -0.25) is 4.79 Å². The standard InChI is InChI=1S/C19H30O3/c1-12(20)22-13(2)21-8-7-19-6-5-16(10-19)18-15-4-3-14(9-15)17(18)11-19/h13-18H,3-11H2,1-2H3. The van der Waals surface area contributed by atoms with Gasteiger partial charge in [-0.05, 0) is 93.3 Å². The molecule has 7 atom stereocenters. The lowest BCUT2D eigenvalue weighted by Gasteiger charge is -2.45. The SMILES string of the molecule is CC(=O)OC(C)OCCC12CCC(C1)C1C3CCC(C3)C1C2. The summed E-state index contributed by atoms with van der Waals surface area (Å²) in [5.41, 5.74) is 0.548. The van der Waals surface area contributed by atoms with Gasteiger partial charge in [-0.25, -0.2) is 0 Å². The second-order valence-corrected chi connectivity index (χ2v) is 8.58. The van der Waals surface area contributed by atoms with Crippen LogP contribution < -0.4 is 0 Å². The van der Waals surface area contributed by atoms with Crippen molar-refractivity contribution in [3.63, 3.8) is 0 Å². The van der Waals surface area contributed by atoms with Crippen molar-refractivity contribution in [1.82, 2.24) is 0 Å². The van der Waals surface area contributed by atoms with Crippen LogP contribution in [-0.2, 0) is 14.3 Å². The van der Waals surface area contributed by atoms with E-state index in [-0.39, 0.29) is 5.97 Å². The molecule has 0 aliphatic heterocycles. The highest BCUT2D eigenvalue weighted by Gasteiger charge is 2.58. The third kappa shape index (κ3) is 2.50. The van der Waals surface area contributed by atoms with Crippen molar-refractivity contribution in [1.29, 1.82) is 0 Å². The van der Waals surface area contributed by atoms with Gasteiger partial charge in [0, 0.05) is 6.92 Å². The minimum absolute atomic E-state index is 0.255. The predicted octanol–water partition coefficient (Wildman–Crippen LogP) is 4.15. The molecule has 0 aromatic carbocycles. The molecule has 0 N–H and O–H groups in total.